The van der Waals surface area contributed by atoms with Crippen molar-refractivity contribution < 1.29 is 4.79 Å². The molecule has 0 saturated heterocycles. The standard InChI is InChI=1S/C22H30N4O/c1-14-10-19(23-12-15(14)2)20-24-18-9-7-8-17(18)21(25-20)26(6)13-16(27)11-22(3,4)5/h10,12H,7-9,11,13H2,1-6H3. The Balaban J connectivity index is 1.94. The van der Waals surface area contributed by atoms with Gasteiger partial charge in [-0.15, -0.1) is 0 Å². The molecular weight excluding hydrogens is 336 g/mol. The number of pyridine rings is 1. The summed E-state index contributed by atoms with van der Waals surface area (Å²) in [5, 5.41) is 0. The van der Waals surface area contributed by atoms with Crippen LogP contribution in [0.4, 0.5) is 5.82 Å². The molecule has 5 nitrogen and oxygen atoms in total. The number of aromatic nitrogens is 3. The maximum absolute atomic E-state index is 12.5. The molecule has 2 aromatic heterocycles. The molecule has 0 amide bonds. The molecule has 144 valence electrons. The molecule has 5 heteroatoms. The average Bonchev–Trinajstić information content (AvgIpc) is 3.03. The summed E-state index contributed by atoms with van der Waals surface area (Å²) >= 11 is 0. The van der Waals surface area contributed by atoms with Gasteiger partial charge in [0.15, 0.2) is 11.6 Å². The van der Waals surface area contributed by atoms with Crippen LogP contribution in [0.2, 0.25) is 0 Å². The molecule has 27 heavy (non-hydrogen) atoms. The lowest BCUT2D eigenvalue weighted by molar-refractivity contribution is -0.119. The number of rotatable bonds is 5. The number of likely N-dealkylation sites (N-methyl/N-ethyl adjacent to an activating group) is 1. The lowest BCUT2D eigenvalue weighted by Crippen LogP contribution is -2.30. The molecule has 1 aliphatic rings. The number of hydrogen-bond donors (Lipinski definition) is 0. The summed E-state index contributed by atoms with van der Waals surface area (Å²) < 4.78 is 0. The summed E-state index contributed by atoms with van der Waals surface area (Å²) in [4.78, 5) is 28.6. The second kappa shape index (κ2) is 7.37. The van der Waals surface area contributed by atoms with Gasteiger partial charge in [-0.1, -0.05) is 20.8 Å². The lowest BCUT2D eigenvalue weighted by atomic mass is 9.90. The van der Waals surface area contributed by atoms with Gasteiger partial charge >= 0.3 is 0 Å². The highest BCUT2D eigenvalue weighted by Crippen LogP contribution is 2.31. The highest BCUT2D eigenvalue weighted by molar-refractivity contribution is 5.84. The minimum atomic E-state index is 0.0000481. The van der Waals surface area contributed by atoms with Gasteiger partial charge in [-0.3, -0.25) is 9.78 Å². The predicted octanol–water partition coefficient (Wildman–Crippen LogP) is 4.09. The zero-order valence-electron chi connectivity index (χ0n) is 17.4. The van der Waals surface area contributed by atoms with Crippen LogP contribution in [-0.2, 0) is 17.6 Å². The molecule has 0 saturated carbocycles. The summed E-state index contributed by atoms with van der Waals surface area (Å²) in [7, 11) is 1.96. The van der Waals surface area contributed by atoms with Crippen LogP contribution in [0.1, 0.15) is 56.0 Å². The number of aryl methyl sites for hydroxylation is 3. The Hall–Kier alpha value is -2.30. The van der Waals surface area contributed by atoms with Crippen molar-refractivity contribution in [3.05, 3.63) is 34.6 Å². The molecule has 2 aromatic rings. The normalized spacial score (nSPS) is 13.6. The molecule has 2 heterocycles. The SMILES string of the molecule is Cc1cnc(-c2nc3c(c(N(C)CC(=O)CC(C)(C)C)n2)CCC3)cc1C. The highest BCUT2D eigenvalue weighted by atomic mass is 16.1. The summed E-state index contributed by atoms with van der Waals surface area (Å²) in [6, 6.07) is 2.04. The molecule has 0 N–H and O–H groups in total. The summed E-state index contributed by atoms with van der Waals surface area (Å²) in [5.74, 6) is 1.78. The molecule has 3 rings (SSSR count). The lowest BCUT2D eigenvalue weighted by Gasteiger charge is -2.23. The molecule has 0 bridgehead atoms. The first-order valence-corrected chi connectivity index (χ1v) is 9.70. The van der Waals surface area contributed by atoms with Crippen LogP contribution in [0.3, 0.4) is 0 Å². The maximum atomic E-state index is 12.5. The Labute approximate surface area is 162 Å². The third-order valence-electron chi connectivity index (χ3n) is 5.02. The van der Waals surface area contributed by atoms with Crippen molar-refractivity contribution in [1.29, 1.82) is 0 Å². The van der Waals surface area contributed by atoms with Crippen LogP contribution in [0.15, 0.2) is 12.3 Å². The van der Waals surface area contributed by atoms with E-state index in [0.717, 1.165) is 42.0 Å². The summed E-state index contributed by atoms with van der Waals surface area (Å²) in [6.45, 7) is 10.8. The number of Topliss-reactive ketones (excluding diaryl/α,β-unsaturated/α-hetero) is 1. The quantitative estimate of drug-likeness (QED) is 0.798. The van der Waals surface area contributed by atoms with E-state index < -0.39 is 0 Å². The van der Waals surface area contributed by atoms with Crippen LogP contribution in [0, 0.1) is 19.3 Å². The van der Waals surface area contributed by atoms with Gasteiger partial charge < -0.3 is 4.90 Å². The van der Waals surface area contributed by atoms with Crippen molar-refractivity contribution in [2.45, 2.75) is 60.3 Å². The molecular formula is C22H30N4O. The number of ketones is 1. The summed E-state index contributed by atoms with van der Waals surface area (Å²) in [6.07, 6.45) is 5.47. The van der Waals surface area contributed by atoms with E-state index >= 15 is 0 Å². The van der Waals surface area contributed by atoms with Gasteiger partial charge in [-0.2, -0.15) is 0 Å². The fourth-order valence-electron chi connectivity index (χ4n) is 3.58. The Bertz CT molecular complexity index is 867. The predicted molar refractivity (Wildman–Crippen MR) is 109 cm³/mol. The molecule has 0 fully saturated rings. The molecule has 0 radical (unpaired) electrons. The van der Waals surface area contributed by atoms with Gasteiger partial charge in [0.2, 0.25) is 0 Å². The van der Waals surface area contributed by atoms with Crippen molar-refractivity contribution in [1.82, 2.24) is 15.0 Å². The van der Waals surface area contributed by atoms with Gasteiger partial charge in [0, 0.05) is 30.9 Å². The maximum Gasteiger partial charge on any atom is 0.180 e. The first kappa shape index (κ1) is 19.5. The van der Waals surface area contributed by atoms with Gasteiger partial charge in [0.05, 0.1) is 6.54 Å². The molecule has 0 aliphatic heterocycles. The molecule has 0 spiro atoms. The summed E-state index contributed by atoms with van der Waals surface area (Å²) in [5.41, 5.74) is 5.42. The fraction of sp³-hybridized carbons (Fsp3) is 0.545. The first-order chi connectivity index (χ1) is 12.6. The highest BCUT2D eigenvalue weighted by Gasteiger charge is 2.24. The van der Waals surface area contributed by atoms with E-state index in [2.05, 4.69) is 39.6 Å². The van der Waals surface area contributed by atoms with E-state index in [4.69, 9.17) is 9.97 Å². The van der Waals surface area contributed by atoms with Crippen LogP contribution in [0.25, 0.3) is 11.5 Å². The van der Waals surface area contributed by atoms with E-state index in [9.17, 15) is 4.79 Å². The second-order valence-electron chi connectivity index (χ2n) is 8.94. The number of hydrogen-bond acceptors (Lipinski definition) is 5. The zero-order valence-corrected chi connectivity index (χ0v) is 17.4. The van der Waals surface area contributed by atoms with Crippen LogP contribution in [-0.4, -0.2) is 34.3 Å². The van der Waals surface area contributed by atoms with Crippen molar-refractivity contribution in [2.24, 2.45) is 5.41 Å². The van der Waals surface area contributed by atoms with Crippen molar-refractivity contribution in [3.63, 3.8) is 0 Å². The Kier molecular flexibility index (Phi) is 5.31. The molecule has 1 aliphatic carbocycles. The average molecular weight is 367 g/mol. The minimum absolute atomic E-state index is 0.0000481. The van der Waals surface area contributed by atoms with Gasteiger partial charge in [0.25, 0.3) is 0 Å². The number of carbonyl (C=O) groups is 1. The van der Waals surface area contributed by atoms with Gasteiger partial charge in [-0.05, 0) is 55.7 Å². The van der Waals surface area contributed by atoms with Crippen LogP contribution < -0.4 is 4.90 Å². The molecule has 0 unspecified atom stereocenters. The van der Waals surface area contributed by atoms with Gasteiger partial charge in [0.1, 0.15) is 11.5 Å². The molecule has 0 aromatic carbocycles. The van der Waals surface area contributed by atoms with E-state index in [0.29, 0.717) is 18.8 Å². The number of nitrogens with zero attached hydrogens (tertiary/aromatic N) is 4. The Morgan fingerprint density at radius 3 is 2.56 bits per heavy atom. The zero-order chi connectivity index (χ0) is 19.8. The number of fused-ring (bicyclic) bond motifs is 1. The van der Waals surface area contributed by atoms with E-state index in [-0.39, 0.29) is 11.2 Å². The smallest absolute Gasteiger partial charge is 0.180 e. The molecule has 0 atom stereocenters. The Morgan fingerprint density at radius 1 is 1.15 bits per heavy atom. The van der Waals surface area contributed by atoms with Crippen molar-refractivity contribution in [2.75, 3.05) is 18.5 Å². The Morgan fingerprint density at radius 2 is 1.89 bits per heavy atom. The monoisotopic (exact) mass is 366 g/mol. The minimum Gasteiger partial charge on any atom is -0.352 e. The van der Waals surface area contributed by atoms with Crippen LogP contribution in [0.5, 0.6) is 0 Å². The number of anilines is 1. The third-order valence-corrected chi connectivity index (χ3v) is 5.02. The first-order valence-electron chi connectivity index (χ1n) is 9.70. The third kappa shape index (κ3) is 4.52. The van der Waals surface area contributed by atoms with Crippen LogP contribution >= 0.6 is 0 Å². The van der Waals surface area contributed by atoms with Gasteiger partial charge in [-0.25, -0.2) is 9.97 Å². The van der Waals surface area contributed by atoms with Crippen molar-refractivity contribution in [3.8, 4) is 11.5 Å². The number of carbonyl (C=O) groups excluding carboxylic acids is 1. The van der Waals surface area contributed by atoms with E-state index in [1.54, 1.807) is 0 Å². The van der Waals surface area contributed by atoms with E-state index in [1.165, 1.54) is 11.1 Å². The second-order valence-corrected chi connectivity index (χ2v) is 8.94. The fourth-order valence-corrected chi connectivity index (χ4v) is 3.58. The van der Waals surface area contributed by atoms with Crippen molar-refractivity contribution >= 4 is 11.6 Å². The van der Waals surface area contributed by atoms with E-state index in [1.807, 2.05) is 24.2 Å². The topological polar surface area (TPSA) is 59.0 Å². The largest absolute Gasteiger partial charge is 0.352 e.